The number of rotatable bonds is 9. The molecule has 3 aliphatic heterocycles. The maximum absolute atomic E-state index is 13.7. The Morgan fingerprint density at radius 2 is 1.77 bits per heavy atom. The molecule has 4 heterocycles. The minimum atomic E-state index is -0.513. The summed E-state index contributed by atoms with van der Waals surface area (Å²) in [5.41, 5.74) is 4.77. The van der Waals surface area contributed by atoms with E-state index in [1.807, 2.05) is 48.5 Å². The average molecular weight is 575 g/mol. The van der Waals surface area contributed by atoms with Crippen molar-refractivity contribution in [3.8, 4) is 16.9 Å². The molecular weight excluding hydrogens is 540 g/mol. The van der Waals surface area contributed by atoms with Crippen molar-refractivity contribution in [3.05, 3.63) is 121 Å². The molecule has 2 bridgehead atoms. The van der Waals surface area contributed by atoms with Gasteiger partial charge in [0.25, 0.3) is 0 Å². The van der Waals surface area contributed by atoms with Crippen molar-refractivity contribution in [2.24, 2.45) is 11.8 Å². The van der Waals surface area contributed by atoms with Gasteiger partial charge in [0.1, 0.15) is 11.9 Å². The van der Waals surface area contributed by atoms with Gasteiger partial charge in [-0.05, 0) is 90.4 Å². The second-order valence-corrected chi connectivity index (χ2v) is 11.2. The van der Waals surface area contributed by atoms with Gasteiger partial charge in [-0.2, -0.15) is 0 Å². The fourth-order valence-corrected chi connectivity index (χ4v) is 6.46. The molecule has 3 fully saturated rings. The van der Waals surface area contributed by atoms with Crippen molar-refractivity contribution < 1.29 is 24.2 Å². The topological polar surface area (TPSA) is 89.0 Å². The fraction of sp³-hybridized carbons (Fsp3) is 0.250. The summed E-state index contributed by atoms with van der Waals surface area (Å²) in [6, 6.07) is 22.1. The standard InChI is InChI=1S/C36H34N2O5/c1-3-24-21-38-18-16-28(24)20-33(38)35(30-15-17-37-32-14-5-23(22-39)19-31(30)32)43-36(41)27-8-6-25(7-9-27)26-10-12-29(13-11-26)42-34(40)4-2/h3-15,17,19,24,28,33,35,39H,1-2,16,18,20-22H2/t24-,28?,33-,35?/m0/s1. The van der Waals surface area contributed by atoms with Crippen LogP contribution in [0.3, 0.4) is 0 Å². The Balaban J connectivity index is 1.28. The number of aliphatic hydroxyl groups excluding tert-OH is 1. The minimum absolute atomic E-state index is 0.0234. The van der Waals surface area contributed by atoms with Crippen molar-refractivity contribution in [1.82, 2.24) is 9.88 Å². The van der Waals surface area contributed by atoms with Crippen LogP contribution in [0.2, 0.25) is 0 Å². The lowest BCUT2D eigenvalue weighted by atomic mass is 9.73. The van der Waals surface area contributed by atoms with Crippen LogP contribution in [0.1, 0.15) is 40.4 Å². The summed E-state index contributed by atoms with van der Waals surface area (Å²) in [6.45, 7) is 9.25. The molecule has 43 heavy (non-hydrogen) atoms. The normalized spacial score (nSPS) is 21.6. The van der Waals surface area contributed by atoms with Crippen LogP contribution in [0.4, 0.5) is 0 Å². The highest BCUT2D eigenvalue weighted by atomic mass is 16.5. The molecule has 0 radical (unpaired) electrons. The minimum Gasteiger partial charge on any atom is -0.452 e. The van der Waals surface area contributed by atoms with Crippen molar-refractivity contribution in [3.63, 3.8) is 0 Å². The van der Waals surface area contributed by atoms with Crippen LogP contribution < -0.4 is 4.74 Å². The van der Waals surface area contributed by atoms with Gasteiger partial charge in [-0.1, -0.05) is 43.0 Å². The summed E-state index contributed by atoms with van der Waals surface area (Å²) in [5, 5.41) is 10.7. The number of esters is 2. The van der Waals surface area contributed by atoms with Crippen LogP contribution in [0.25, 0.3) is 22.0 Å². The van der Waals surface area contributed by atoms with Crippen LogP contribution in [0.15, 0.2) is 104 Å². The van der Waals surface area contributed by atoms with Crippen LogP contribution in [-0.2, 0) is 16.1 Å². The van der Waals surface area contributed by atoms with E-state index in [-0.39, 0.29) is 12.6 Å². The molecule has 3 aromatic carbocycles. The highest BCUT2D eigenvalue weighted by Crippen LogP contribution is 2.43. The third kappa shape index (κ3) is 5.87. The van der Waals surface area contributed by atoms with Gasteiger partial charge in [0.2, 0.25) is 0 Å². The zero-order valence-electron chi connectivity index (χ0n) is 23.9. The fourth-order valence-electron chi connectivity index (χ4n) is 6.46. The van der Waals surface area contributed by atoms with E-state index in [2.05, 4.69) is 29.1 Å². The molecule has 7 heteroatoms. The molecule has 0 amide bonds. The number of fused-ring (bicyclic) bond motifs is 4. The largest absolute Gasteiger partial charge is 0.452 e. The van der Waals surface area contributed by atoms with Crippen molar-refractivity contribution >= 4 is 22.8 Å². The first kappa shape index (κ1) is 28.5. The zero-order valence-corrected chi connectivity index (χ0v) is 23.9. The number of nitrogens with zero attached hydrogens (tertiary/aromatic N) is 2. The Kier molecular flexibility index (Phi) is 8.18. The maximum atomic E-state index is 13.7. The highest BCUT2D eigenvalue weighted by Gasteiger charge is 2.44. The molecule has 4 aromatic rings. The third-order valence-corrected chi connectivity index (χ3v) is 8.76. The quantitative estimate of drug-likeness (QED) is 0.109. The number of ether oxygens (including phenoxy) is 2. The third-order valence-electron chi connectivity index (χ3n) is 8.76. The Morgan fingerprint density at radius 3 is 2.42 bits per heavy atom. The van der Waals surface area contributed by atoms with E-state index in [0.717, 1.165) is 65.2 Å². The molecule has 7 rings (SSSR count). The van der Waals surface area contributed by atoms with Crippen molar-refractivity contribution in [2.45, 2.75) is 31.6 Å². The molecule has 1 aromatic heterocycles. The lowest BCUT2D eigenvalue weighted by molar-refractivity contribution is -0.128. The number of aromatic nitrogens is 1. The van der Waals surface area contributed by atoms with E-state index >= 15 is 0 Å². The molecule has 218 valence electrons. The van der Waals surface area contributed by atoms with Crippen LogP contribution in [-0.4, -0.2) is 46.1 Å². The lowest BCUT2D eigenvalue weighted by Gasteiger charge is -2.51. The molecule has 7 nitrogen and oxygen atoms in total. The number of carbonyl (C=O) groups is 2. The zero-order chi connectivity index (χ0) is 29.9. The molecule has 3 unspecified atom stereocenters. The molecule has 3 aliphatic rings. The number of carbonyl (C=O) groups excluding carboxylic acids is 2. The summed E-state index contributed by atoms with van der Waals surface area (Å²) >= 11 is 0. The van der Waals surface area contributed by atoms with E-state index in [1.54, 1.807) is 30.5 Å². The first-order chi connectivity index (χ1) is 21.0. The van der Waals surface area contributed by atoms with E-state index in [1.165, 1.54) is 0 Å². The number of benzene rings is 3. The average Bonchev–Trinajstić information content (AvgIpc) is 3.07. The summed E-state index contributed by atoms with van der Waals surface area (Å²) in [6.07, 6.45) is 6.46. The van der Waals surface area contributed by atoms with Crippen LogP contribution >= 0.6 is 0 Å². The second kappa shape index (κ2) is 12.3. The molecule has 3 saturated heterocycles. The molecule has 0 spiro atoms. The van der Waals surface area contributed by atoms with Crippen LogP contribution in [0.5, 0.6) is 5.75 Å². The van der Waals surface area contributed by atoms with E-state index in [9.17, 15) is 14.7 Å². The van der Waals surface area contributed by atoms with Gasteiger partial charge in [0.15, 0.2) is 0 Å². The Bertz CT molecular complexity index is 1660. The molecule has 5 atom stereocenters. The Morgan fingerprint density at radius 1 is 1.02 bits per heavy atom. The summed E-state index contributed by atoms with van der Waals surface area (Å²) < 4.78 is 11.6. The number of piperidine rings is 3. The van der Waals surface area contributed by atoms with Gasteiger partial charge in [-0.15, -0.1) is 6.58 Å². The van der Waals surface area contributed by atoms with Crippen LogP contribution in [0, 0.1) is 11.8 Å². The first-order valence-corrected chi connectivity index (χ1v) is 14.6. The van der Waals surface area contributed by atoms with Gasteiger partial charge in [-0.25, -0.2) is 9.59 Å². The highest BCUT2D eigenvalue weighted by molar-refractivity contribution is 5.91. The smallest absolute Gasteiger partial charge is 0.338 e. The lowest BCUT2D eigenvalue weighted by Crippen LogP contribution is -2.55. The monoisotopic (exact) mass is 574 g/mol. The molecule has 0 saturated carbocycles. The second-order valence-electron chi connectivity index (χ2n) is 11.2. The molecular formula is C36H34N2O5. The number of aliphatic hydroxyl groups is 1. The summed E-state index contributed by atoms with van der Waals surface area (Å²) in [4.78, 5) is 32.1. The van der Waals surface area contributed by atoms with E-state index in [4.69, 9.17) is 9.47 Å². The Labute approximate surface area is 251 Å². The van der Waals surface area contributed by atoms with E-state index in [0.29, 0.717) is 23.1 Å². The van der Waals surface area contributed by atoms with E-state index < -0.39 is 18.0 Å². The SMILES string of the molecule is C=CC(=O)Oc1ccc(-c2ccc(C(=O)OC(c3ccnc4ccc(CO)cc34)[C@@H]3CC4CCN3C[C@@H]4C=C)cc2)cc1. The number of hydrogen-bond acceptors (Lipinski definition) is 7. The van der Waals surface area contributed by atoms with Gasteiger partial charge < -0.3 is 14.6 Å². The number of pyridine rings is 1. The molecule has 0 aliphatic carbocycles. The van der Waals surface area contributed by atoms with Gasteiger partial charge in [0, 0.05) is 29.8 Å². The molecule has 1 N–H and O–H groups in total. The van der Waals surface area contributed by atoms with Gasteiger partial charge in [0.05, 0.1) is 23.7 Å². The van der Waals surface area contributed by atoms with Gasteiger partial charge in [-0.3, -0.25) is 9.88 Å². The van der Waals surface area contributed by atoms with Gasteiger partial charge >= 0.3 is 11.9 Å². The maximum Gasteiger partial charge on any atom is 0.338 e. The van der Waals surface area contributed by atoms with Crippen molar-refractivity contribution in [2.75, 3.05) is 13.1 Å². The summed E-state index contributed by atoms with van der Waals surface area (Å²) in [5.74, 6) is 0.462. The predicted octanol–water partition coefficient (Wildman–Crippen LogP) is 6.28. The summed E-state index contributed by atoms with van der Waals surface area (Å²) in [7, 11) is 0. The predicted molar refractivity (Wildman–Crippen MR) is 165 cm³/mol. The first-order valence-electron chi connectivity index (χ1n) is 14.6. The Hall–Kier alpha value is -4.59. The van der Waals surface area contributed by atoms with Crippen molar-refractivity contribution in [1.29, 1.82) is 0 Å². The number of hydrogen-bond donors (Lipinski definition) is 1.